The van der Waals surface area contributed by atoms with Gasteiger partial charge in [-0.2, -0.15) is 18.3 Å². The third-order valence-corrected chi connectivity index (χ3v) is 3.20. The van der Waals surface area contributed by atoms with E-state index >= 15 is 0 Å². The molecular formula is C13H10ClF3N2O2. The highest BCUT2D eigenvalue weighted by Crippen LogP contribution is 2.32. The number of halogens is 4. The third-order valence-electron chi connectivity index (χ3n) is 2.95. The van der Waals surface area contributed by atoms with E-state index in [9.17, 15) is 18.0 Å². The molecule has 0 unspecified atom stereocenters. The SMILES string of the molecule is C[C@@H](n1cc(C(=O)O)c(-c2ccc(Cl)cc2)n1)C(F)(F)F. The first-order valence-electron chi connectivity index (χ1n) is 5.85. The van der Waals surface area contributed by atoms with Crippen LogP contribution in [0, 0.1) is 0 Å². The summed E-state index contributed by atoms with van der Waals surface area (Å²) in [6, 6.07) is 4.10. The van der Waals surface area contributed by atoms with Crippen LogP contribution in [0.3, 0.4) is 0 Å². The zero-order valence-corrected chi connectivity index (χ0v) is 11.5. The fourth-order valence-corrected chi connectivity index (χ4v) is 1.84. The number of alkyl halides is 3. The normalized spacial score (nSPS) is 13.2. The number of aromatic nitrogens is 2. The molecule has 8 heteroatoms. The highest BCUT2D eigenvalue weighted by atomic mass is 35.5. The average Bonchev–Trinajstić information content (AvgIpc) is 2.82. The first-order valence-corrected chi connectivity index (χ1v) is 6.23. The quantitative estimate of drug-likeness (QED) is 0.929. The molecule has 1 N–H and O–H groups in total. The van der Waals surface area contributed by atoms with Crippen LogP contribution in [0.4, 0.5) is 13.2 Å². The van der Waals surface area contributed by atoms with Crippen molar-refractivity contribution in [2.45, 2.75) is 19.1 Å². The van der Waals surface area contributed by atoms with E-state index in [1.807, 2.05) is 0 Å². The maximum atomic E-state index is 12.7. The van der Waals surface area contributed by atoms with Gasteiger partial charge in [0, 0.05) is 16.8 Å². The van der Waals surface area contributed by atoms with E-state index in [2.05, 4.69) is 5.10 Å². The lowest BCUT2D eigenvalue weighted by Crippen LogP contribution is -2.24. The molecule has 1 aromatic heterocycles. The van der Waals surface area contributed by atoms with Crippen LogP contribution in [0.2, 0.25) is 5.02 Å². The molecule has 1 heterocycles. The fraction of sp³-hybridized carbons (Fsp3) is 0.231. The lowest BCUT2D eigenvalue weighted by Gasteiger charge is -2.15. The molecule has 0 aliphatic rings. The maximum absolute atomic E-state index is 12.7. The Morgan fingerprint density at radius 1 is 1.33 bits per heavy atom. The van der Waals surface area contributed by atoms with Crippen molar-refractivity contribution in [1.29, 1.82) is 0 Å². The third kappa shape index (κ3) is 3.18. The Morgan fingerprint density at radius 3 is 2.38 bits per heavy atom. The Kier molecular flexibility index (Phi) is 3.95. The molecule has 0 amide bonds. The molecule has 0 aliphatic heterocycles. The molecule has 0 saturated carbocycles. The van der Waals surface area contributed by atoms with Gasteiger partial charge >= 0.3 is 12.1 Å². The van der Waals surface area contributed by atoms with E-state index in [1.165, 1.54) is 24.3 Å². The zero-order chi connectivity index (χ0) is 15.8. The van der Waals surface area contributed by atoms with Crippen LogP contribution in [-0.4, -0.2) is 27.0 Å². The van der Waals surface area contributed by atoms with Crippen molar-refractivity contribution in [2.75, 3.05) is 0 Å². The van der Waals surface area contributed by atoms with Crippen molar-refractivity contribution in [2.24, 2.45) is 0 Å². The molecule has 4 nitrogen and oxygen atoms in total. The lowest BCUT2D eigenvalue weighted by atomic mass is 10.1. The Balaban J connectivity index is 2.53. The van der Waals surface area contributed by atoms with Crippen LogP contribution in [0.5, 0.6) is 0 Å². The molecular weight excluding hydrogens is 309 g/mol. The van der Waals surface area contributed by atoms with Crippen molar-refractivity contribution in [3.63, 3.8) is 0 Å². The van der Waals surface area contributed by atoms with Gasteiger partial charge in [-0.1, -0.05) is 23.7 Å². The van der Waals surface area contributed by atoms with Crippen LogP contribution in [-0.2, 0) is 0 Å². The van der Waals surface area contributed by atoms with Gasteiger partial charge in [0.25, 0.3) is 0 Å². The highest BCUT2D eigenvalue weighted by molar-refractivity contribution is 6.30. The van der Waals surface area contributed by atoms with Crippen LogP contribution < -0.4 is 0 Å². The largest absolute Gasteiger partial charge is 0.478 e. The Labute approximate surface area is 122 Å². The van der Waals surface area contributed by atoms with Crippen LogP contribution in [0.1, 0.15) is 23.3 Å². The molecule has 0 spiro atoms. The molecule has 2 aromatic rings. The number of carboxylic acids is 1. The second-order valence-corrected chi connectivity index (χ2v) is 4.84. The summed E-state index contributed by atoms with van der Waals surface area (Å²) in [6.07, 6.45) is -3.64. The summed E-state index contributed by atoms with van der Waals surface area (Å²) in [5.74, 6) is -1.35. The highest BCUT2D eigenvalue weighted by Gasteiger charge is 2.38. The molecule has 112 valence electrons. The first-order chi connectivity index (χ1) is 9.70. The predicted octanol–water partition coefficient (Wildman–Crippen LogP) is 4.03. The van der Waals surface area contributed by atoms with E-state index in [0.29, 0.717) is 15.3 Å². The van der Waals surface area contributed by atoms with Crippen LogP contribution in [0.15, 0.2) is 30.5 Å². The lowest BCUT2D eigenvalue weighted by molar-refractivity contribution is -0.165. The topological polar surface area (TPSA) is 55.1 Å². The van der Waals surface area contributed by atoms with Crippen molar-refractivity contribution >= 4 is 17.6 Å². The summed E-state index contributed by atoms with van der Waals surface area (Å²) in [5.41, 5.74) is 0.0496. The van der Waals surface area contributed by atoms with Crippen molar-refractivity contribution in [3.8, 4) is 11.3 Å². The predicted molar refractivity (Wildman–Crippen MR) is 70.4 cm³/mol. The standard InChI is InChI=1S/C13H10ClF3N2O2/c1-7(13(15,16)17)19-6-10(12(20)21)11(18-19)8-2-4-9(14)5-3-8/h2-7H,1H3,(H,20,21)/t7-/m1/s1. The molecule has 2 rings (SSSR count). The van der Waals surface area contributed by atoms with Gasteiger partial charge in [0.15, 0.2) is 0 Å². The number of aromatic carboxylic acids is 1. The molecule has 0 saturated heterocycles. The van der Waals surface area contributed by atoms with Crippen molar-refractivity contribution in [3.05, 3.63) is 41.0 Å². The summed E-state index contributed by atoms with van der Waals surface area (Å²) < 4.78 is 38.7. The number of nitrogens with zero attached hydrogens (tertiary/aromatic N) is 2. The number of carboxylic acid groups (broad SMARTS) is 1. The van der Waals surface area contributed by atoms with Gasteiger partial charge < -0.3 is 5.11 Å². The summed E-state index contributed by atoms with van der Waals surface area (Å²) >= 11 is 5.73. The number of hydrogen-bond donors (Lipinski definition) is 1. The smallest absolute Gasteiger partial charge is 0.410 e. The van der Waals surface area contributed by atoms with Crippen LogP contribution in [0.25, 0.3) is 11.3 Å². The summed E-state index contributed by atoms with van der Waals surface area (Å²) in [6.45, 7) is 0.907. The molecule has 0 bridgehead atoms. The average molecular weight is 319 g/mol. The Bertz CT molecular complexity index is 665. The Morgan fingerprint density at radius 2 is 1.90 bits per heavy atom. The number of carbonyl (C=O) groups is 1. The summed E-state index contributed by atoms with van der Waals surface area (Å²) in [4.78, 5) is 11.2. The zero-order valence-electron chi connectivity index (χ0n) is 10.7. The minimum atomic E-state index is -4.51. The monoisotopic (exact) mass is 318 g/mol. The van der Waals surface area contributed by atoms with Gasteiger partial charge in [-0.05, 0) is 19.1 Å². The second kappa shape index (κ2) is 5.40. The van der Waals surface area contributed by atoms with Gasteiger partial charge in [0.1, 0.15) is 17.3 Å². The summed E-state index contributed by atoms with van der Waals surface area (Å²) in [7, 11) is 0. The van der Waals surface area contributed by atoms with E-state index in [-0.39, 0.29) is 11.3 Å². The maximum Gasteiger partial charge on any atom is 0.410 e. The fourth-order valence-electron chi connectivity index (χ4n) is 1.72. The number of hydrogen-bond acceptors (Lipinski definition) is 2. The van der Waals surface area contributed by atoms with E-state index < -0.39 is 18.2 Å². The van der Waals surface area contributed by atoms with Gasteiger partial charge in [0.05, 0.1) is 0 Å². The molecule has 0 aliphatic carbocycles. The number of benzene rings is 1. The Hall–Kier alpha value is -2.02. The molecule has 1 aromatic carbocycles. The second-order valence-electron chi connectivity index (χ2n) is 4.40. The van der Waals surface area contributed by atoms with Gasteiger partial charge in [-0.25, -0.2) is 4.79 Å². The van der Waals surface area contributed by atoms with Crippen molar-refractivity contribution in [1.82, 2.24) is 9.78 Å². The molecule has 1 atom stereocenters. The van der Waals surface area contributed by atoms with Gasteiger partial charge in [0.2, 0.25) is 0 Å². The summed E-state index contributed by atoms with van der Waals surface area (Å²) in [5, 5.41) is 13.3. The van der Waals surface area contributed by atoms with E-state index in [1.54, 1.807) is 0 Å². The van der Waals surface area contributed by atoms with E-state index in [4.69, 9.17) is 16.7 Å². The number of rotatable bonds is 3. The van der Waals surface area contributed by atoms with Crippen LogP contribution >= 0.6 is 11.6 Å². The van der Waals surface area contributed by atoms with Gasteiger partial charge in [-0.3, -0.25) is 4.68 Å². The molecule has 21 heavy (non-hydrogen) atoms. The molecule has 0 fully saturated rings. The molecule has 0 radical (unpaired) electrons. The minimum absolute atomic E-state index is 0.0322. The first kappa shape index (κ1) is 15.4. The van der Waals surface area contributed by atoms with Gasteiger partial charge in [-0.15, -0.1) is 0 Å². The van der Waals surface area contributed by atoms with Crippen molar-refractivity contribution < 1.29 is 23.1 Å². The minimum Gasteiger partial charge on any atom is -0.478 e. The van der Waals surface area contributed by atoms with E-state index in [0.717, 1.165) is 13.1 Å².